The third-order valence-electron chi connectivity index (χ3n) is 5.44. The molecule has 2 unspecified atom stereocenters. The van der Waals surface area contributed by atoms with E-state index in [0.717, 1.165) is 11.1 Å². The van der Waals surface area contributed by atoms with Crippen LogP contribution in [0.25, 0.3) is 12.2 Å². The number of phenolic OH excluding ortho intramolecular Hbond substituents is 1. The summed E-state index contributed by atoms with van der Waals surface area (Å²) in [5.41, 5.74) is 2.63. The molecule has 31 heavy (non-hydrogen) atoms. The van der Waals surface area contributed by atoms with Crippen LogP contribution in [0, 0.1) is 0 Å². The number of fused-ring (bicyclic) bond motifs is 2. The number of aromatic hydroxyl groups is 1. The summed E-state index contributed by atoms with van der Waals surface area (Å²) in [5, 5.41) is 15.1. The molecule has 2 aromatic rings. The maximum atomic E-state index is 13.2. The Hall–Kier alpha value is -3.26. The van der Waals surface area contributed by atoms with Crippen LogP contribution in [-0.4, -0.2) is 58.4 Å². The zero-order valence-corrected chi connectivity index (χ0v) is 17.8. The van der Waals surface area contributed by atoms with Gasteiger partial charge in [-0.15, -0.1) is 0 Å². The van der Waals surface area contributed by atoms with Gasteiger partial charge in [-0.25, -0.2) is 0 Å². The zero-order valence-electron chi connectivity index (χ0n) is 17.0. The van der Waals surface area contributed by atoms with E-state index in [-0.39, 0.29) is 23.5 Å². The van der Waals surface area contributed by atoms with Crippen LogP contribution in [0.5, 0.6) is 5.75 Å². The molecule has 0 aromatic heterocycles. The van der Waals surface area contributed by atoms with Crippen LogP contribution in [0.1, 0.15) is 27.9 Å². The van der Waals surface area contributed by atoms with E-state index in [0.29, 0.717) is 30.0 Å². The third-order valence-corrected chi connectivity index (χ3v) is 5.99. The molecule has 3 N–H and O–H groups in total. The number of nitrogens with one attached hydrogen (secondary N) is 2. The van der Waals surface area contributed by atoms with Gasteiger partial charge in [-0.1, -0.05) is 30.4 Å². The molecule has 2 heterocycles. The van der Waals surface area contributed by atoms with Crippen LogP contribution in [0.3, 0.4) is 0 Å². The molecule has 1 saturated heterocycles. The lowest BCUT2D eigenvalue weighted by atomic mass is 10.1. The Kier molecular flexibility index (Phi) is 5.99. The molecule has 2 aliphatic heterocycles. The number of hydrogen-bond acceptors (Lipinski definition) is 5. The van der Waals surface area contributed by atoms with Gasteiger partial charge in [0.2, 0.25) is 11.8 Å². The molecule has 4 rings (SSSR count). The molecule has 0 aliphatic carbocycles. The highest BCUT2D eigenvalue weighted by Gasteiger charge is 2.45. The number of thioether (sulfide) groups is 1. The molecular weight excluding hydrogens is 414 g/mol. The van der Waals surface area contributed by atoms with Crippen molar-refractivity contribution < 1.29 is 19.5 Å². The van der Waals surface area contributed by atoms with E-state index in [1.54, 1.807) is 41.3 Å². The molecule has 0 bridgehead atoms. The first-order chi connectivity index (χ1) is 15.0. The van der Waals surface area contributed by atoms with Gasteiger partial charge in [-0.3, -0.25) is 14.4 Å². The van der Waals surface area contributed by atoms with Crippen molar-refractivity contribution in [1.82, 2.24) is 10.2 Å². The Morgan fingerprint density at radius 1 is 1.19 bits per heavy atom. The predicted molar refractivity (Wildman–Crippen MR) is 122 cm³/mol. The quantitative estimate of drug-likeness (QED) is 0.625. The zero-order chi connectivity index (χ0) is 22.0. The Bertz CT molecular complexity index is 1050. The van der Waals surface area contributed by atoms with E-state index in [4.69, 9.17) is 0 Å². The number of amides is 3. The fourth-order valence-electron chi connectivity index (χ4n) is 3.97. The van der Waals surface area contributed by atoms with Crippen LogP contribution in [0.15, 0.2) is 42.5 Å². The van der Waals surface area contributed by atoms with Crippen molar-refractivity contribution in [1.29, 1.82) is 0 Å². The van der Waals surface area contributed by atoms with Gasteiger partial charge in [0.1, 0.15) is 11.8 Å². The van der Waals surface area contributed by atoms with Crippen molar-refractivity contribution in [2.75, 3.05) is 23.9 Å². The van der Waals surface area contributed by atoms with Gasteiger partial charge >= 0.3 is 0 Å². The molecule has 8 heteroatoms. The maximum absolute atomic E-state index is 13.2. The van der Waals surface area contributed by atoms with Crippen LogP contribution >= 0.6 is 11.8 Å². The second-order valence-electron chi connectivity index (χ2n) is 7.56. The lowest BCUT2D eigenvalue weighted by Crippen LogP contribution is -2.51. The highest BCUT2D eigenvalue weighted by atomic mass is 32.2. The Balaban J connectivity index is 1.57. The summed E-state index contributed by atoms with van der Waals surface area (Å²) in [6, 6.07) is 11.0. The van der Waals surface area contributed by atoms with Crippen LogP contribution < -0.4 is 10.6 Å². The van der Waals surface area contributed by atoms with Crippen LogP contribution in [0.2, 0.25) is 0 Å². The van der Waals surface area contributed by atoms with Crippen LogP contribution in [0.4, 0.5) is 5.69 Å². The number of carbonyl (C=O) groups is 3. The van der Waals surface area contributed by atoms with Crippen molar-refractivity contribution in [3.63, 3.8) is 0 Å². The molecule has 1 fully saturated rings. The topological polar surface area (TPSA) is 98.7 Å². The van der Waals surface area contributed by atoms with Gasteiger partial charge in [0.25, 0.3) is 5.91 Å². The minimum Gasteiger partial charge on any atom is -0.508 e. The molecule has 0 spiro atoms. The third kappa shape index (κ3) is 4.44. The van der Waals surface area contributed by atoms with Gasteiger partial charge < -0.3 is 20.6 Å². The Labute approximate surface area is 184 Å². The first kappa shape index (κ1) is 21.0. The number of hydrogen-bond donors (Lipinski definition) is 3. The fourth-order valence-corrected chi connectivity index (χ4v) is 4.31. The monoisotopic (exact) mass is 437 g/mol. The van der Waals surface area contributed by atoms with Gasteiger partial charge in [0, 0.05) is 6.54 Å². The summed E-state index contributed by atoms with van der Waals surface area (Å²) in [4.78, 5) is 39.7. The predicted octanol–water partition coefficient (Wildman–Crippen LogP) is 2.58. The summed E-state index contributed by atoms with van der Waals surface area (Å²) >= 11 is 1.41. The van der Waals surface area contributed by atoms with Crippen LogP contribution in [-0.2, 0) is 9.59 Å². The van der Waals surface area contributed by atoms with Crippen molar-refractivity contribution in [3.05, 3.63) is 59.2 Å². The second-order valence-corrected chi connectivity index (χ2v) is 8.42. The molecule has 2 aliphatic rings. The first-order valence-corrected chi connectivity index (χ1v) is 11.4. The number of benzene rings is 2. The summed E-state index contributed by atoms with van der Waals surface area (Å²) in [6.07, 6.45) is 6.14. The fraction of sp³-hybridized carbons (Fsp3) is 0.261. The molecule has 0 radical (unpaired) electrons. The van der Waals surface area contributed by atoms with Gasteiger partial charge in [-0.2, -0.15) is 11.8 Å². The summed E-state index contributed by atoms with van der Waals surface area (Å²) in [6.45, 7) is 0.411. The highest BCUT2D eigenvalue weighted by molar-refractivity contribution is 7.99. The average molecular weight is 438 g/mol. The summed E-state index contributed by atoms with van der Waals surface area (Å²) in [7, 11) is 0. The van der Waals surface area contributed by atoms with E-state index < -0.39 is 12.1 Å². The standard InChI is InChI=1S/C23H23N3O4S/c1-31-13-20(28)24-19-10-11-26-21(19)22(29)25-18-9-6-15(12-17(18)23(26)30)3-2-14-4-7-16(27)8-5-14/h2-9,12,19,21,27H,10-11,13H2,1H3,(H,24,28)(H,25,29). The molecule has 3 amide bonds. The van der Waals surface area contributed by atoms with Crippen molar-refractivity contribution in [2.45, 2.75) is 18.5 Å². The van der Waals surface area contributed by atoms with Crippen molar-refractivity contribution in [2.24, 2.45) is 0 Å². The van der Waals surface area contributed by atoms with Gasteiger partial charge in [-0.05, 0) is 48.1 Å². The van der Waals surface area contributed by atoms with E-state index in [9.17, 15) is 19.5 Å². The van der Waals surface area contributed by atoms with Gasteiger partial charge in [0.15, 0.2) is 0 Å². The van der Waals surface area contributed by atoms with E-state index in [1.165, 1.54) is 11.8 Å². The molecule has 160 valence electrons. The largest absolute Gasteiger partial charge is 0.508 e. The van der Waals surface area contributed by atoms with E-state index in [2.05, 4.69) is 10.6 Å². The van der Waals surface area contributed by atoms with Crippen molar-refractivity contribution in [3.8, 4) is 5.75 Å². The molecule has 2 aromatic carbocycles. The smallest absolute Gasteiger partial charge is 0.256 e. The summed E-state index contributed by atoms with van der Waals surface area (Å²) < 4.78 is 0. The first-order valence-electron chi connectivity index (χ1n) is 9.97. The molecular formula is C23H23N3O4S. The van der Waals surface area contributed by atoms with Crippen molar-refractivity contribution >= 4 is 47.3 Å². The Morgan fingerprint density at radius 2 is 1.90 bits per heavy atom. The summed E-state index contributed by atoms with van der Waals surface area (Å²) in [5.74, 6) is -0.128. The maximum Gasteiger partial charge on any atom is 0.256 e. The number of anilines is 1. The van der Waals surface area contributed by atoms with E-state index in [1.807, 2.05) is 24.5 Å². The number of carbonyl (C=O) groups excluding carboxylic acids is 3. The number of rotatable bonds is 5. The highest BCUT2D eigenvalue weighted by Crippen LogP contribution is 2.30. The Morgan fingerprint density at radius 3 is 2.65 bits per heavy atom. The lowest BCUT2D eigenvalue weighted by molar-refractivity contribution is -0.122. The minimum absolute atomic E-state index is 0.136. The molecule has 7 nitrogen and oxygen atoms in total. The molecule has 0 saturated carbocycles. The normalized spacial score (nSPS) is 20.2. The number of nitrogens with zero attached hydrogens (tertiary/aromatic N) is 1. The second kappa shape index (κ2) is 8.85. The lowest BCUT2D eigenvalue weighted by Gasteiger charge is -2.24. The molecule has 2 atom stereocenters. The number of phenols is 1. The van der Waals surface area contributed by atoms with Gasteiger partial charge in [0.05, 0.1) is 23.0 Å². The minimum atomic E-state index is -0.721. The van der Waals surface area contributed by atoms with E-state index >= 15 is 0 Å². The average Bonchev–Trinajstić information content (AvgIpc) is 3.13. The SMILES string of the molecule is CSCC(=O)NC1CCN2C(=O)c3cc(C=Cc4ccc(O)cc4)ccc3NC(=O)C12.